The van der Waals surface area contributed by atoms with Gasteiger partial charge < -0.3 is 5.32 Å². The van der Waals surface area contributed by atoms with E-state index in [1.807, 2.05) is 24.5 Å². The number of carbonyl (C=O) groups excluding carboxylic acids is 1. The summed E-state index contributed by atoms with van der Waals surface area (Å²) >= 11 is 6.68. The fourth-order valence-electron chi connectivity index (χ4n) is 0.969. The molecule has 0 spiro atoms. The average molecular weight is 323 g/mol. The Hall–Kier alpha value is -0.590. The van der Waals surface area contributed by atoms with Crippen LogP contribution in [0.3, 0.4) is 0 Å². The first-order valence-corrected chi connectivity index (χ1v) is 5.36. The van der Waals surface area contributed by atoms with E-state index >= 15 is 0 Å². The Morgan fingerprint density at radius 3 is 2.29 bits per heavy atom. The van der Waals surface area contributed by atoms with Crippen LogP contribution in [0.25, 0.3) is 0 Å². The van der Waals surface area contributed by atoms with E-state index in [-0.39, 0.29) is 0 Å². The number of nitrogens with one attached hydrogen (secondary N) is 2. The number of hydrazine groups is 1. The van der Waals surface area contributed by atoms with Crippen molar-refractivity contribution in [2.45, 2.75) is 6.92 Å². The number of rotatable bonds is 1. The molecule has 0 saturated heterocycles. The zero-order chi connectivity index (χ0) is 10.7. The number of hydrogen-bond acceptors (Lipinski definition) is 2. The third kappa shape index (κ3) is 2.70. The Morgan fingerprint density at radius 2 is 1.86 bits per heavy atom. The van der Waals surface area contributed by atoms with Crippen molar-refractivity contribution >= 4 is 43.6 Å². The molecule has 0 unspecified atom stereocenters. The average Bonchev–Trinajstić information content (AvgIpc) is 2.10. The SMILES string of the molecule is Cc1cc(Br)c(NC(=O)NN)c(Br)c1. The summed E-state index contributed by atoms with van der Waals surface area (Å²) in [6.45, 7) is 1.96. The van der Waals surface area contributed by atoms with Crippen LogP contribution >= 0.6 is 31.9 Å². The lowest BCUT2D eigenvalue weighted by atomic mass is 10.2. The second-order valence-electron chi connectivity index (χ2n) is 2.70. The first-order valence-electron chi connectivity index (χ1n) is 3.78. The minimum absolute atomic E-state index is 0.463. The second kappa shape index (κ2) is 4.77. The smallest absolute Gasteiger partial charge is 0.305 e. The Kier molecular flexibility index (Phi) is 3.91. The molecule has 0 aliphatic heterocycles. The van der Waals surface area contributed by atoms with Crippen LogP contribution in [0.4, 0.5) is 10.5 Å². The molecule has 14 heavy (non-hydrogen) atoms. The molecule has 0 atom stereocenters. The maximum atomic E-state index is 11.0. The van der Waals surface area contributed by atoms with Gasteiger partial charge in [0, 0.05) is 8.95 Å². The number of hydrogen-bond donors (Lipinski definition) is 3. The van der Waals surface area contributed by atoms with Crippen molar-refractivity contribution in [1.29, 1.82) is 0 Å². The normalized spacial score (nSPS) is 9.71. The van der Waals surface area contributed by atoms with E-state index in [1.54, 1.807) is 0 Å². The standard InChI is InChI=1S/C8H9Br2N3O/c1-4-2-5(9)7(6(10)3-4)12-8(14)13-11/h2-3H,11H2,1H3,(H2,12,13,14). The fraction of sp³-hybridized carbons (Fsp3) is 0.125. The molecule has 6 heteroatoms. The Morgan fingerprint density at radius 1 is 1.36 bits per heavy atom. The molecule has 76 valence electrons. The molecule has 0 bridgehead atoms. The van der Waals surface area contributed by atoms with Crippen LogP contribution in [-0.4, -0.2) is 6.03 Å². The van der Waals surface area contributed by atoms with Gasteiger partial charge in [0.15, 0.2) is 0 Å². The molecule has 0 aromatic heterocycles. The predicted octanol–water partition coefficient (Wildman–Crippen LogP) is 2.52. The molecular formula is C8H9Br2N3O. The van der Waals surface area contributed by atoms with Gasteiger partial charge in [0.25, 0.3) is 0 Å². The molecule has 1 aromatic rings. The van der Waals surface area contributed by atoms with E-state index < -0.39 is 6.03 Å². The molecule has 4 N–H and O–H groups in total. The van der Waals surface area contributed by atoms with Crippen LogP contribution in [0.1, 0.15) is 5.56 Å². The number of benzene rings is 1. The summed E-state index contributed by atoms with van der Waals surface area (Å²) in [4.78, 5) is 11.0. The molecule has 0 saturated carbocycles. The second-order valence-corrected chi connectivity index (χ2v) is 4.41. The first-order chi connectivity index (χ1) is 6.54. The van der Waals surface area contributed by atoms with Crippen molar-refractivity contribution in [3.05, 3.63) is 26.6 Å². The third-order valence-electron chi connectivity index (χ3n) is 1.56. The maximum Gasteiger partial charge on any atom is 0.333 e. The highest BCUT2D eigenvalue weighted by Gasteiger charge is 2.08. The molecule has 4 nitrogen and oxygen atoms in total. The van der Waals surface area contributed by atoms with E-state index in [1.165, 1.54) is 0 Å². The lowest BCUT2D eigenvalue weighted by Gasteiger charge is -2.09. The maximum absolute atomic E-state index is 11.0. The Labute approximate surface area is 98.5 Å². The topological polar surface area (TPSA) is 67.2 Å². The highest BCUT2D eigenvalue weighted by atomic mass is 79.9. The zero-order valence-electron chi connectivity index (χ0n) is 7.40. The van der Waals surface area contributed by atoms with Crippen molar-refractivity contribution in [2.75, 3.05) is 5.32 Å². The highest BCUT2D eigenvalue weighted by Crippen LogP contribution is 2.32. The highest BCUT2D eigenvalue weighted by molar-refractivity contribution is 9.11. The number of carbonyl (C=O) groups is 1. The van der Waals surface area contributed by atoms with Crippen LogP contribution in [0.15, 0.2) is 21.1 Å². The van der Waals surface area contributed by atoms with Gasteiger partial charge >= 0.3 is 6.03 Å². The summed E-state index contributed by atoms with van der Waals surface area (Å²) in [5.41, 5.74) is 3.73. The molecule has 0 aliphatic rings. The number of nitrogens with two attached hydrogens (primary N) is 1. The fourth-order valence-corrected chi connectivity index (χ4v) is 2.58. The van der Waals surface area contributed by atoms with Crippen molar-refractivity contribution in [2.24, 2.45) is 5.84 Å². The quantitative estimate of drug-likeness (QED) is 0.422. The van der Waals surface area contributed by atoms with Gasteiger partial charge in [-0.2, -0.15) is 0 Å². The Bertz CT molecular complexity index is 345. The minimum Gasteiger partial charge on any atom is -0.305 e. The number of aryl methyl sites for hydroxylation is 1. The van der Waals surface area contributed by atoms with Crippen LogP contribution in [0.5, 0.6) is 0 Å². The third-order valence-corrected chi connectivity index (χ3v) is 2.81. The van der Waals surface area contributed by atoms with Crippen molar-refractivity contribution < 1.29 is 4.79 Å². The number of anilines is 1. The molecule has 1 rings (SSSR count). The van der Waals surface area contributed by atoms with E-state index in [0.29, 0.717) is 5.69 Å². The Balaban J connectivity index is 3.02. The van der Waals surface area contributed by atoms with Gasteiger partial charge in [-0.1, -0.05) is 0 Å². The van der Waals surface area contributed by atoms with Crippen molar-refractivity contribution in [3.63, 3.8) is 0 Å². The van der Waals surface area contributed by atoms with Gasteiger partial charge in [0.2, 0.25) is 0 Å². The van der Waals surface area contributed by atoms with Crippen LogP contribution in [0, 0.1) is 6.92 Å². The van der Waals surface area contributed by atoms with Gasteiger partial charge in [-0.25, -0.2) is 10.6 Å². The molecule has 0 heterocycles. The monoisotopic (exact) mass is 321 g/mol. The minimum atomic E-state index is -0.463. The van der Waals surface area contributed by atoms with E-state index in [2.05, 4.69) is 37.2 Å². The largest absolute Gasteiger partial charge is 0.333 e. The zero-order valence-corrected chi connectivity index (χ0v) is 10.6. The van der Waals surface area contributed by atoms with Gasteiger partial charge in [-0.05, 0) is 56.5 Å². The van der Waals surface area contributed by atoms with E-state index in [9.17, 15) is 4.79 Å². The summed E-state index contributed by atoms with van der Waals surface area (Å²) in [5.74, 6) is 4.96. The summed E-state index contributed by atoms with van der Waals surface area (Å²) in [6.07, 6.45) is 0. The molecule has 0 fully saturated rings. The van der Waals surface area contributed by atoms with Crippen molar-refractivity contribution in [1.82, 2.24) is 5.43 Å². The van der Waals surface area contributed by atoms with Gasteiger partial charge in [-0.3, -0.25) is 5.43 Å². The summed E-state index contributed by atoms with van der Waals surface area (Å²) < 4.78 is 1.60. The summed E-state index contributed by atoms with van der Waals surface area (Å²) in [5, 5.41) is 2.59. The molecule has 2 amide bonds. The van der Waals surface area contributed by atoms with Gasteiger partial charge in [0.1, 0.15) is 0 Å². The number of halogens is 2. The molecule has 1 aromatic carbocycles. The van der Waals surface area contributed by atoms with Crippen LogP contribution < -0.4 is 16.6 Å². The van der Waals surface area contributed by atoms with E-state index in [4.69, 9.17) is 5.84 Å². The van der Waals surface area contributed by atoms with Crippen molar-refractivity contribution in [3.8, 4) is 0 Å². The lowest BCUT2D eigenvalue weighted by Crippen LogP contribution is -2.34. The van der Waals surface area contributed by atoms with Gasteiger partial charge in [-0.15, -0.1) is 0 Å². The summed E-state index contributed by atoms with van der Waals surface area (Å²) in [6, 6.07) is 3.34. The van der Waals surface area contributed by atoms with E-state index in [0.717, 1.165) is 14.5 Å². The molecule has 0 radical (unpaired) electrons. The number of urea groups is 1. The lowest BCUT2D eigenvalue weighted by molar-refractivity contribution is 0.252. The molecule has 0 aliphatic carbocycles. The van der Waals surface area contributed by atoms with Gasteiger partial charge in [0.05, 0.1) is 5.69 Å². The predicted molar refractivity (Wildman–Crippen MR) is 62.9 cm³/mol. The molecular weight excluding hydrogens is 314 g/mol. The van der Waals surface area contributed by atoms with Crippen LogP contribution in [-0.2, 0) is 0 Å². The van der Waals surface area contributed by atoms with Crippen LogP contribution in [0.2, 0.25) is 0 Å². The number of amides is 2. The summed E-state index contributed by atoms with van der Waals surface area (Å²) in [7, 11) is 0. The first kappa shape index (κ1) is 11.5.